The van der Waals surface area contributed by atoms with Gasteiger partial charge in [0.05, 0.1) is 17.6 Å². The van der Waals surface area contributed by atoms with Gasteiger partial charge in [0.1, 0.15) is 5.65 Å². The maximum atomic E-state index is 12.6. The molecule has 2 aromatic heterocycles. The van der Waals surface area contributed by atoms with Crippen LogP contribution in [0.3, 0.4) is 0 Å². The minimum Gasteiger partial charge on any atom is -0.463 e. The second-order valence-electron chi connectivity index (χ2n) is 6.26. The Morgan fingerprint density at radius 2 is 1.93 bits per heavy atom. The molecular weight excluding hydrogens is 388 g/mol. The molecule has 1 amide bonds. The molecule has 9 nitrogen and oxygen atoms in total. The number of ether oxygens (including phenoxy) is 1. The van der Waals surface area contributed by atoms with Crippen LogP contribution in [-0.4, -0.2) is 33.0 Å². The van der Waals surface area contributed by atoms with Gasteiger partial charge in [0.2, 0.25) is 0 Å². The predicted molar refractivity (Wildman–Crippen MR) is 112 cm³/mol. The lowest BCUT2D eigenvalue weighted by Crippen LogP contribution is -2.30. The maximum absolute atomic E-state index is 12.6. The lowest BCUT2D eigenvalue weighted by molar-refractivity contribution is -0.137. The van der Waals surface area contributed by atoms with Crippen LogP contribution >= 0.6 is 0 Å². The van der Waals surface area contributed by atoms with Crippen molar-refractivity contribution in [3.8, 4) is 0 Å². The summed E-state index contributed by atoms with van der Waals surface area (Å²) in [6.45, 7) is 4.13. The third kappa shape index (κ3) is 4.52. The van der Waals surface area contributed by atoms with Crippen LogP contribution in [-0.2, 0) is 16.1 Å². The molecule has 0 saturated heterocycles. The molecule has 154 valence electrons. The van der Waals surface area contributed by atoms with Crippen LogP contribution in [0.4, 0.5) is 5.69 Å². The van der Waals surface area contributed by atoms with E-state index in [4.69, 9.17) is 4.74 Å². The van der Waals surface area contributed by atoms with Crippen LogP contribution in [0.15, 0.2) is 52.2 Å². The molecule has 0 aliphatic rings. The molecule has 0 bridgehead atoms. The molecule has 0 spiro atoms. The summed E-state index contributed by atoms with van der Waals surface area (Å²) in [5.41, 5.74) is 0.552. The molecular formula is C21H20N4O5. The number of hydrogen-bond donors (Lipinski definition) is 2. The third-order valence-corrected chi connectivity index (χ3v) is 4.28. The number of H-pyrrole nitrogens is 1. The number of carbonyl (C=O) groups excluding carboxylic acids is 2. The summed E-state index contributed by atoms with van der Waals surface area (Å²) < 4.78 is 6.14. The van der Waals surface area contributed by atoms with E-state index in [2.05, 4.69) is 15.3 Å². The fourth-order valence-electron chi connectivity index (χ4n) is 2.82. The van der Waals surface area contributed by atoms with Gasteiger partial charge in [0.25, 0.3) is 11.5 Å². The molecule has 0 unspecified atom stereocenters. The number of aromatic amines is 1. The minimum absolute atomic E-state index is 0.156. The highest BCUT2D eigenvalue weighted by Crippen LogP contribution is 2.14. The molecule has 0 radical (unpaired) electrons. The predicted octanol–water partition coefficient (Wildman–Crippen LogP) is 1.93. The number of nitrogens with zero attached hydrogens (tertiary/aromatic N) is 2. The second kappa shape index (κ2) is 8.99. The summed E-state index contributed by atoms with van der Waals surface area (Å²) in [4.78, 5) is 54.2. The lowest BCUT2D eigenvalue weighted by Gasteiger charge is -2.08. The largest absolute Gasteiger partial charge is 0.463 e. The third-order valence-electron chi connectivity index (χ3n) is 4.28. The molecule has 0 aliphatic heterocycles. The number of nitrogens with one attached hydrogen (secondary N) is 2. The van der Waals surface area contributed by atoms with Crippen molar-refractivity contribution in [2.75, 3.05) is 11.9 Å². The van der Waals surface area contributed by atoms with Crippen molar-refractivity contribution in [3.05, 3.63) is 74.6 Å². The van der Waals surface area contributed by atoms with E-state index in [1.807, 2.05) is 0 Å². The molecule has 0 fully saturated rings. The first kappa shape index (κ1) is 20.7. The van der Waals surface area contributed by atoms with Crippen molar-refractivity contribution in [1.29, 1.82) is 0 Å². The van der Waals surface area contributed by atoms with Crippen LogP contribution in [0.2, 0.25) is 0 Å². The van der Waals surface area contributed by atoms with Gasteiger partial charge >= 0.3 is 11.7 Å². The Morgan fingerprint density at radius 3 is 2.60 bits per heavy atom. The Bertz CT molecular complexity index is 1240. The van der Waals surface area contributed by atoms with E-state index in [0.717, 1.165) is 5.56 Å². The van der Waals surface area contributed by atoms with E-state index in [1.54, 1.807) is 44.2 Å². The van der Waals surface area contributed by atoms with Crippen LogP contribution in [0.1, 0.15) is 29.8 Å². The minimum atomic E-state index is -0.598. The number of aromatic nitrogens is 3. The zero-order valence-corrected chi connectivity index (χ0v) is 16.5. The zero-order valence-electron chi connectivity index (χ0n) is 16.5. The van der Waals surface area contributed by atoms with Gasteiger partial charge in [-0.3, -0.25) is 19.1 Å². The Kier molecular flexibility index (Phi) is 6.21. The van der Waals surface area contributed by atoms with Gasteiger partial charge in [-0.05, 0) is 43.7 Å². The van der Waals surface area contributed by atoms with Crippen LogP contribution in [0.25, 0.3) is 17.1 Å². The summed E-state index contributed by atoms with van der Waals surface area (Å²) in [5, 5.41) is 2.88. The van der Waals surface area contributed by atoms with E-state index >= 15 is 0 Å². The summed E-state index contributed by atoms with van der Waals surface area (Å²) in [6, 6.07) is 8.22. The standard InChI is InChI=1S/C21H20N4O5/c1-3-25-18-16(20(28)24-21(25)29)11-14(12-22-18)19(27)23-15-8-5-13(6-9-15)7-10-17(26)30-4-2/h5-12H,3-4H2,1-2H3,(H,23,27)(H,24,28,29). The van der Waals surface area contributed by atoms with Crippen molar-refractivity contribution in [2.45, 2.75) is 20.4 Å². The topological polar surface area (TPSA) is 123 Å². The first-order valence-electron chi connectivity index (χ1n) is 9.32. The summed E-state index contributed by atoms with van der Waals surface area (Å²) in [6.07, 6.45) is 4.25. The Labute approximate surface area is 171 Å². The quantitative estimate of drug-likeness (QED) is 0.475. The first-order valence-corrected chi connectivity index (χ1v) is 9.32. The molecule has 3 aromatic rings. The number of rotatable bonds is 6. The van der Waals surface area contributed by atoms with Gasteiger partial charge in [-0.2, -0.15) is 0 Å². The summed E-state index contributed by atoms with van der Waals surface area (Å²) in [5.74, 6) is -0.880. The molecule has 3 rings (SSSR count). The van der Waals surface area contributed by atoms with E-state index in [-0.39, 0.29) is 16.6 Å². The van der Waals surface area contributed by atoms with Crippen molar-refractivity contribution >= 4 is 34.7 Å². The van der Waals surface area contributed by atoms with E-state index in [0.29, 0.717) is 18.8 Å². The molecule has 30 heavy (non-hydrogen) atoms. The number of anilines is 1. The van der Waals surface area contributed by atoms with Gasteiger partial charge < -0.3 is 10.1 Å². The lowest BCUT2D eigenvalue weighted by atomic mass is 10.1. The van der Waals surface area contributed by atoms with Gasteiger partial charge in [0.15, 0.2) is 0 Å². The van der Waals surface area contributed by atoms with Crippen molar-refractivity contribution in [3.63, 3.8) is 0 Å². The van der Waals surface area contributed by atoms with E-state index < -0.39 is 23.1 Å². The van der Waals surface area contributed by atoms with Gasteiger partial charge in [-0.15, -0.1) is 0 Å². The zero-order chi connectivity index (χ0) is 21.7. The van der Waals surface area contributed by atoms with Crippen LogP contribution in [0, 0.1) is 0 Å². The summed E-state index contributed by atoms with van der Waals surface area (Å²) in [7, 11) is 0. The molecule has 1 aromatic carbocycles. The number of esters is 1. The molecule has 0 atom stereocenters. The smallest absolute Gasteiger partial charge is 0.330 e. The number of benzene rings is 1. The van der Waals surface area contributed by atoms with Crippen molar-refractivity contribution in [2.24, 2.45) is 0 Å². The van der Waals surface area contributed by atoms with Gasteiger partial charge in [0, 0.05) is 24.5 Å². The second-order valence-corrected chi connectivity index (χ2v) is 6.26. The van der Waals surface area contributed by atoms with E-state index in [9.17, 15) is 19.2 Å². The Balaban J connectivity index is 1.79. The number of pyridine rings is 1. The Hall–Kier alpha value is -4.01. The molecule has 2 heterocycles. The van der Waals surface area contributed by atoms with Crippen molar-refractivity contribution < 1.29 is 14.3 Å². The highest BCUT2D eigenvalue weighted by Gasteiger charge is 2.12. The first-order chi connectivity index (χ1) is 14.4. The monoisotopic (exact) mass is 408 g/mol. The fraction of sp³-hybridized carbons (Fsp3) is 0.190. The van der Waals surface area contributed by atoms with Crippen LogP contribution in [0.5, 0.6) is 0 Å². The van der Waals surface area contributed by atoms with Crippen LogP contribution < -0.4 is 16.6 Å². The fourth-order valence-corrected chi connectivity index (χ4v) is 2.82. The van der Waals surface area contributed by atoms with E-state index in [1.165, 1.54) is 22.9 Å². The summed E-state index contributed by atoms with van der Waals surface area (Å²) >= 11 is 0. The molecule has 0 aliphatic carbocycles. The highest BCUT2D eigenvalue weighted by molar-refractivity contribution is 6.05. The molecule has 2 N–H and O–H groups in total. The van der Waals surface area contributed by atoms with Crippen molar-refractivity contribution in [1.82, 2.24) is 14.5 Å². The highest BCUT2D eigenvalue weighted by atomic mass is 16.5. The average Bonchev–Trinajstić information content (AvgIpc) is 2.73. The van der Waals surface area contributed by atoms with Gasteiger partial charge in [-0.25, -0.2) is 14.6 Å². The number of fused-ring (bicyclic) bond motifs is 1. The number of carbonyl (C=O) groups is 2. The number of amides is 1. The van der Waals surface area contributed by atoms with Gasteiger partial charge in [-0.1, -0.05) is 12.1 Å². The Morgan fingerprint density at radius 1 is 1.20 bits per heavy atom. The maximum Gasteiger partial charge on any atom is 0.330 e. The normalized spacial score (nSPS) is 11.0. The molecule has 0 saturated carbocycles. The average molecular weight is 408 g/mol. The number of hydrogen-bond acceptors (Lipinski definition) is 6. The SMILES string of the molecule is CCOC(=O)C=Cc1ccc(NC(=O)c2cnc3c(c2)c(=O)[nH]c(=O)n3CC)cc1. The molecule has 9 heteroatoms. The number of aryl methyl sites for hydroxylation is 1.